The summed E-state index contributed by atoms with van der Waals surface area (Å²) in [5.41, 5.74) is 1.17. The first-order chi connectivity index (χ1) is 5.20. The lowest BCUT2D eigenvalue weighted by atomic mass is 10.2. The van der Waals surface area contributed by atoms with Crippen molar-refractivity contribution in [3.8, 4) is 0 Å². The van der Waals surface area contributed by atoms with Gasteiger partial charge in [-0.15, -0.1) is 0 Å². The first-order valence-electron chi connectivity index (χ1n) is 4.07. The molecule has 0 amide bonds. The first-order valence-corrected chi connectivity index (χ1v) is 4.07. The van der Waals surface area contributed by atoms with Crippen LogP contribution in [-0.2, 0) is 4.74 Å². The molecule has 0 spiro atoms. The summed E-state index contributed by atoms with van der Waals surface area (Å²) in [6.45, 7) is 9.66. The molecule has 1 unspecified atom stereocenters. The van der Waals surface area contributed by atoms with Gasteiger partial charge in [0.25, 0.3) is 0 Å². The van der Waals surface area contributed by atoms with Gasteiger partial charge in [0, 0.05) is 19.7 Å². The Balaban J connectivity index is 3.43. The van der Waals surface area contributed by atoms with Crippen molar-refractivity contribution in [3.63, 3.8) is 0 Å². The third-order valence-corrected chi connectivity index (χ3v) is 1.55. The van der Waals surface area contributed by atoms with Gasteiger partial charge in [0.1, 0.15) is 0 Å². The molecule has 0 heterocycles. The lowest BCUT2D eigenvalue weighted by molar-refractivity contribution is 0.166. The predicted octanol–water partition coefficient (Wildman–Crippen LogP) is 1.58. The summed E-state index contributed by atoms with van der Waals surface area (Å²) in [5, 5.41) is 3.35. The molecular weight excluding hydrogens is 138 g/mol. The van der Waals surface area contributed by atoms with Gasteiger partial charge in [0.15, 0.2) is 0 Å². The normalized spacial score (nSPS) is 13.0. The number of hydrogen-bond donors (Lipinski definition) is 1. The van der Waals surface area contributed by atoms with E-state index in [2.05, 4.69) is 18.8 Å². The smallest absolute Gasteiger partial charge is 0.0615 e. The van der Waals surface area contributed by atoms with E-state index < -0.39 is 0 Å². The second-order valence-electron chi connectivity index (χ2n) is 2.90. The van der Waals surface area contributed by atoms with Crippen LogP contribution in [0.25, 0.3) is 0 Å². The third-order valence-electron chi connectivity index (χ3n) is 1.55. The summed E-state index contributed by atoms with van der Waals surface area (Å²) in [6.07, 6.45) is 1.10. The van der Waals surface area contributed by atoms with E-state index in [0.29, 0.717) is 6.04 Å². The molecule has 1 N–H and O–H groups in total. The van der Waals surface area contributed by atoms with Gasteiger partial charge in [0.05, 0.1) is 6.61 Å². The molecule has 0 aliphatic carbocycles. The molecule has 0 aromatic rings. The molecule has 0 aliphatic heterocycles. The number of rotatable bonds is 6. The number of nitrogens with one attached hydrogen (secondary N) is 1. The zero-order chi connectivity index (χ0) is 8.69. The molecule has 66 valence electrons. The van der Waals surface area contributed by atoms with E-state index in [9.17, 15) is 0 Å². The molecule has 0 saturated carbocycles. The highest BCUT2D eigenvalue weighted by Gasteiger charge is 2.02. The van der Waals surface area contributed by atoms with Crippen LogP contribution in [0.2, 0.25) is 0 Å². The van der Waals surface area contributed by atoms with E-state index in [0.717, 1.165) is 19.6 Å². The van der Waals surface area contributed by atoms with Gasteiger partial charge in [-0.1, -0.05) is 19.1 Å². The van der Waals surface area contributed by atoms with Crippen LogP contribution in [0.15, 0.2) is 12.2 Å². The maximum absolute atomic E-state index is 5.03. The summed E-state index contributed by atoms with van der Waals surface area (Å²) in [5.74, 6) is 0. The van der Waals surface area contributed by atoms with Crippen LogP contribution < -0.4 is 5.32 Å². The van der Waals surface area contributed by atoms with Crippen molar-refractivity contribution >= 4 is 0 Å². The van der Waals surface area contributed by atoms with Crippen molar-refractivity contribution in [1.29, 1.82) is 0 Å². The zero-order valence-corrected chi connectivity index (χ0v) is 7.81. The Hall–Kier alpha value is -0.340. The van der Waals surface area contributed by atoms with E-state index in [-0.39, 0.29) is 0 Å². The van der Waals surface area contributed by atoms with Crippen LogP contribution in [0, 0.1) is 0 Å². The number of methoxy groups -OCH3 is 1. The number of hydrogen-bond acceptors (Lipinski definition) is 2. The molecule has 11 heavy (non-hydrogen) atoms. The van der Waals surface area contributed by atoms with Crippen molar-refractivity contribution in [2.75, 3.05) is 20.3 Å². The van der Waals surface area contributed by atoms with Gasteiger partial charge in [-0.2, -0.15) is 0 Å². The highest BCUT2D eigenvalue weighted by Crippen LogP contribution is 1.92. The fraction of sp³-hybridized carbons (Fsp3) is 0.778. The van der Waals surface area contributed by atoms with Crippen LogP contribution in [-0.4, -0.2) is 26.3 Å². The minimum atomic E-state index is 0.469. The molecule has 0 aromatic carbocycles. The lowest BCUT2D eigenvalue weighted by Crippen LogP contribution is -2.33. The second kappa shape index (κ2) is 6.38. The fourth-order valence-electron chi connectivity index (χ4n) is 0.841. The SMILES string of the molecule is C=C(C)CNC(CC)COC. The summed E-state index contributed by atoms with van der Waals surface area (Å²) < 4.78 is 5.03. The summed E-state index contributed by atoms with van der Waals surface area (Å²) >= 11 is 0. The van der Waals surface area contributed by atoms with Crippen LogP contribution in [0.5, 0.6) is 0 Å². The molecule has 0 fully saturated rings. The Morgan fingerprint density at radius 1 is 1.64 bits per heavy atom. The summed E-state index contributed by atoms with van der Waals surface area (Å²) in [7, 11) is 1.73. The van der Waals surface area contributed by atoms with Crippen LogP contribution >= 0.6 is 0 Å². The molecule has 0 aliphatic rings. The molecular formula is C9H19NO. The lowest BCUT2D eigenvalue weighted by Gasteiger charge is -2.15. The van der Waals surface area contributed by atoms with Crippen molar-refractivity contribution in [2.45, 2.75) is 26.3 Å². The quantitative estimate of drug-likeness (QED) is 0.591. The van der Waals surface area contributed by atoms with Gasteiger partial charge >= 0.3 is 0 Å². The zero-order valence-electron chi connectivity index (χ0n) is 7.81. The Labute approximate surface area is 69.6 Å². The maximum Gasteiger partial charge on any atom is 0.0615 e. The molecule has 2 heteroatoms. The van der Waals surface area contributed by atoms with E-state index in [4.69, 9.17) is 4.74 Å². The predicted molar refractivity (Wildman–Crippen MR) is 48.8 cm³/mol. The van der Waals surface area contributed by atoms with E-state index in [1.54, 1.807) is 7.11 Å². The van der Waals surface area contributed by atoms with Crippen molar-refractivity contribution in [3.05, 3.63) is 12.2 Å². The topological polar surface area (TPSA) is 21.3 Å². The van der Waals surface area contributed by atoms with E-state index in [1.165, 1.54) is 5.57 Å². The average molecular weight is 157 g/mol. The van der Waals surface area contributed by atoms with Crippen LogP contribution in [0.3, 0.4) is 0 Å². The molecule has 0 radical (unpaired) electrons. The minimum absolute atomic E-state index is 0.469. The Morgan fingerprint density at radius 2 is 2.27 bits per heavy atom. The second-order valence-corrected chi connectivity index (χ2v) is 2.90. The first kappa shape index (κ1) is 10.7. The molecule has 0 saturated heterocycles. The van der Waals surface area contributed by atoms with Crippen molar-refractivity contribution in [1.82, 2.24) is 5.32 Å². The van der Waals surface area contributed by atoms with Crippen molar-refractivity contribution in [2.24, 2.45) is 0 Å². The van der Waals surface area contributed by atoms with E-state index in [1.807, 2.05) is 6.92 Å². The maximum atomic E-state index is 5.03. The molecule has 2 nitrogen and oxygen atoms in total. The molecule has 0 bridgehead atoms. The van der Waals surface area contributed by atoms with Gasteiger partial charge in [-0.05, 0) is 13.3 Å². The third kappa shape index (κ3) is 6.07. The Morgan fingerprint density at radius 3 is 2.64 bits per heavy atom. The highest BCUT2D eigenvalue weighted by molar-refractivity contribution is 4.91. The Bertz CT molecular complexity index is 112. The van der Waals surface area contributed by atoms with Crippen LogP contribution in [0.1, 0.15) is 20.3 Å². The van der Waals surface area contributed by atoms with Gasteiger partial charge < -0.3 is 10.1 Å². The van der Waals surface area contributed by atoms with Crippen molar-refractivity contribution < 1.29 is 4.74 Å². The average Bonchev–Trinajstić information content (AvgIpc) is 1.97. The Kier molecular flexibility index (Phi) is 6.18. The molecule has 1 atom stereocenters. The largest absolute Gasteiger partial charge is 0.383 e. The van der Waals surface area contributed by atoms with E-state index >= 15 is 0 Å². The minimum Gasteiger partial charge on any atom is -0.383 e. The standard InChI is InChI=1S/C9H19NO/c1-5-9(7-11-4)10-6-8(2)3/h9-10H,2,5-7H2,1,3-4H3. The summed E-state index contributed by atoms with van der Waals surface area (Å²) in [4.78, 5) is 0. The summed E-state index contributed by atoms with van der Waals surface area (Å²) in [6, 6.07) is 0.469. The highest BCUT2D eigenvalue weighted by atomic mass is 16.5. The van der Waals surface area contributed by atoms with Gasteiger partial charge in [0.2, 0.25) is 0 Å². The molecule has 0 aromatic heterocycles. The monoisotopic (exact) mass is 157 g/mol. The van der Waals surface area contributed by atoms with Crippen LogP contribution in [0.4, 0.5) is 0 Å². The van der Waals surface area contributed by atoms with Gasteiger partial charge in [-0.3, -0.25) is 0 Å². The number of ether oxygens (including phenoxy) is 1. The fourth-order valence-corrected chi connectivity index (χ4v) is 0.841. The van der Waals surface area contributed by atoms with Gasteiger partial charge in [-0.25, -0.2) is 0 Å². The molecule has 0 rings (SSSR count).